The van der Waals surface area contributed by atoms with Crippen molar-refractivity contribution in [3.63, 3.8) is 0 Å². The number of nitrogens with zero attached hydrogens (tertiary/aromatic N) is 3. The van der Waals surface area contributed by atoms with Crippen molar-refractivity contribution in [2.24, 2.45) is 17.8 Å². The van der Waals surface area contributed by atoms with E-state index in [1.807, 2.05) is 40.1 Å². The largest absolute Gasteiger partial charge is 0.352 e. The van der Waals surface area contributed by atoms with E-state index in [1.54, 1.807) is 0 Å². The number of rotatable bonds is 3. The van der Waals surface area contributed by atoms with E-state index in [-0.39, 0.29) is 17.9 Å². The van der Waals surface area contributed by atoms with Gasteiger partial charge in [-0.1, -0.05) is 30.3 Å². The van der Waals surface area contributed by atoms with Gasteiger partial charge in [-0.05, 0) is 49.5 Å². The van der Waals surface area contributed by atoms with Crippen molar-refractivity contribution in [1.29, 1.82) is 0 Å². The Hall–Kier alpha value is -2.57. The molecule has 4 saturated heterocycles. The summed E-state index contributed by atoms with van der Waals surface area (Å²) in [6.45, 7) is 4.17. The van der Waals surface area contributed by atoms with Crippen LogP contribution in [0.2, 0.25) is 0 Å². The van der Waals surface area contributed by atoms with Crippen molar-refractivity contribution >= 4 is 17.8 Å². The lowest BCUT2D eigenvalue weighted by Gasteiger charge is -2.53. The van der Waals surface area contributed by atoms with E-state index in [2.05, 4.69) is 10.2 Å². The summed E-state index contributed by atoms with van der Waals surface area (Å²) in [5, 5.41) is 3.05. The van der Waals surface area contributed by atoms with E-state index in [4.69, 9.17) is 0 Å². The van der Waals surface area contributed by atoms with E-state index < -0.39 is 0 Å². The van der Waals surface area contributed by atoms with Crippen LogP contribution in [0.15, 0.2) is 30.3 Å². The lowest BCUT2D eigenvalue weighted by Crippen LogP contribution is -2.62. The summed E-state index contributed by atoms with van der Waals surface area (Å²) in [6.07, 6.45) is 5.33. The van der Waals surface area contributed by atoms with Gasteiger partial charge in [0.1, 0.15) is 0 Å². The van der Waals surface area contributed by atoms with Gasteiger partial charge in [0.25, 0.3) is 0 Å². The molecule has 0 aromatic heterocycles. The molecule has 0 spiro atoms. The lowest BCUT2D eigenvalue weighted by molar-refractivity contribution is -0.144. The Morgan fingerprint density at radius 2 is 1.75 bits per heavy atom. The number of carbonyl (C=O) groups is 3. The fourth-order valence-corrected chi connectivity index (χ4v) is 6.23. The molecule has 5 rings (SSSR count). The van der Waals surface area contributed by atoms with Crippen LogP contribution >= 0.6 is 0 Å². The number of carbonyl (C=O) groups excluding carboxylic acids is 3. The van der Waals surface area contributed by atoms with Crippen LogP contribution in [0, 0.1) is 17.8 Å². The molecule has 172 valence electrons. The molecule has 4 amide bonds. The Balaban J connectivity index is 1.12. The molecule has 4 heterocycles. The predicted molar refractivity (Wildman–Crippen MR) is 121 cm³/mol. The van der Waals surface area contributed by atoms with Gasteiger partial charge in [0, 0.05) is 57.6 Å². The fourth-order valence-electron chi connectivity index (χ4n) is 6.23. The number of hydrogen-bond donors (Lipinski definition) is 1. The zero-order chi connectivity index (χ0) is 22.1. The van der Waals surface area contributed by atoms with E-state index in [0.717, 1.165) is 57.3 Å². The van der Waals surface area contributed by atoms with Crippen molar-refractivity contribution < 1.29 is 14.4 Å². The minimum absolute atomic E-state index is 0.0229. The molecule has 4 aliphatic heterocycles. The Kier molecular flexibility index (Phi) is 6.07. The van der Waals surface area contributed by atoms with Crippen LogP contribution in [0.5, 0.6) is 0 Å². The third-order valence-electron chi connectivity index (χ3n) is 7.90. The van der Waals surface area contributed by atoms with Gasteiger partial charge >= 0.3 is 6.03 Å². The third-order valence-corrected chi connectivity index (χ3v) is 7.90. The van der Waals surface area contributed by atoms with Crippen LogP contribution in [0.1, 0.15) is 44.1 Å². The zero-order valence-corrected chi connectivity index (χ0v) is 18.7. The molecule has 1 N–H and O–H groups in total. The molecule has 0 radical (unpaired) electrons. The quantitative estimate of drug-likeness (QED) is 0.788. The molecule has 0 aliphatic carbocycles. The normalized spacial score (nSPS) is 28.3. The third kappa shape index (κ3) is 4.34. The van der Waals surface area contributed by atoms with E-state index in [9.17, 15) is 14.4 Å². The van der Waals surface area contributed by atoms with Gasteiger partial charge in [0.2, 0.25) is 11.8 Å². The second-order valence-corrected chi connectivity index (χ2v) is 10.0. The zero-order valence-electron chi connectivity index (χ0n) is 18.7. The van der Waals surface area contributed by atoms with Crippen molar-refractivity contribution in [2.75, 3.05) is 32.7 Å². The number of amides is 4. The number of urea groups is 1. The molecule has 32 heavy (non-hydrogen) atoms. The lowest BCUT2D eigenvalue weighted by atomic mass is 9.76. The highest BCUT2D eigenvalue weighted by Gasteiger charge is 2.45. The van der Waals surface area contributed by atoms with Crippen molar-refractivity contribution in [3.05, 3.63) is 35.9 Å². The highest BCUT2D eigenvalue weighted by Crippen LogP contribution is 2.38. The van der Waals surface area contributed by atoms with E-state index in [1.165, 1.54) is 0 Å². The summed E-state index contributed by atoms with van der Waals surface area (Å²) >= 11 is 0. The topological polar surface area (TPSA) is 73.0 Å². The molecule has 4 aliphatic rings. The summed E-state index contributed by atoms with van der Waals surface area (Å²) in [4.78, 5) is 44.3. The number of piperidine rings is 4. The van der Waals surface area contributed by atoms with Crippen LogP contribution in [0.4, 0.5) is 4.79 Å². The predicted octanol–water partition coefficient (Wildman–Crippen LogP) is 2.47. The van der Waals surface area contributed by atoms with Gasteiger partial charge in [-0.2, -0.15) is 0 Å². The molecule has 7 heteroatoms. The summed E-state index contributed by atoms with van der Waals surface area (Å²) < 4.78 is 0. The summed E-state index contributed by atoms with van der Waals surface area (Å²) in [7, 11) is 0. The molecular weight excluding hydrogens is 404 g/mol. The van der Waals surface area contributed by atoms with Crippen LogP contribution < -0.4 is 5.32 Å². The minimum Gasteiger partial charge on any atom is -0.352 e. The molecule has 3 atom stereocenters. The Bertz CT molecular complexity index is 852. The number of fused-ring (bicyclic) bond motifs is 4. The highest BCUT2D eigenvalue weighted by atomic mass is 16.2. The van der Waals surface area contributed by atoms with Gasteiger partial charge in [0.15, 0.2) is 0 Å². The Morgan fingerprint density at radius 3 is 2.53 bits per heavy atom. The second-order valence-electron chi connectivity index (χ2n) is 10.0. The highest BCUT2D eigenvalue weighted by molar-refractivity contribution is 5.80. The number of hydrogen-bond acceptors (Lipinski definition) is 3. The molecule has 0 saturated carbocycles. The maximum atomic E-state index is 13.3. The number of nitrogens with one attached hydrogen (secondary N) is 1. The Morgan fingerprint density at radius 1 is 0.969 bits per heavy atom. The molecule has 7 nitrogen and oxygen atoms in total. The SMILES string of the molecule is O=C(NCc1ccccc1)C1CCN(C(=O)N2CC3CC(C2)[C@H]2CCCC(=O)N2C3)CC1. The number of benzene rings is 1. The van der Waals surface area contributed by atoms with Gasteiger partial charge in [0.05, 0.1) is 0 Å². The van der Waals surface area contributed by atoms with Crippen molar-refractivity contribution in [2.45, 2.75) is 51.1 Å². The molecule has 2 bridgehead atoms. The summed E-state index contributed by atoms with van der Waals surface area (Å²) in [6, 6.07) is 10.4. The van der Waals surface area contributed by atoms with Gasteiger partial charge < -0.3 is 20.0 Å². The van der Waals surface area contributed by atoms with Crippen LogP contribution in [-0.4, -0.2) is 71.3 Å². The maximum Gasteiger partial charge on any atom is 0.320 e. The van der Waals surface area contributed by atoms with Gasteiger partial charge in [-0.25, -0.2) is 4.79 Å². The molecule has 1 aromatic carbocycles. The van der Waals surface area contributed by atoms with E-state index >= 15 is 0 Å². The first kappa shape index (κ1) is 21.3. The second kappa shape index (κ2) is 9.12. The average molecular weight is 439 g/mol. The van der Waals surface area contributed by atoms with Gasteiger partial charge in [-0.15, -0.1) is 0 Å². The fraction of sp³-hybridized carbons (Fsp3) is 0.640. The van der Waals surface area contributed by atoms with Crippen LogP contribution in [0.25, 0.3) is 0 Å². The van der Waals surface area contributed by atoms with Crippen molar-refractivity contribution in [1.82, 2.24) is 20.0 Å². The molecular formula is C25H34N4O3. The first-order valence-electron chi connectivity index (χ1n) is 12.2. The minimum atomic E-state index is -0.0229. The average Bonchev–Trinajstić information content (AvgIpc) is 2.83. The maximum absolute atomic E-state index is 13.3. The van der Waals surface area contributed by atoms with Crippen molar-refractivity contribution in [3.8, 4) is 0 Å². The monoisotopic (exact) mass is 438 g/mol. The summed E-state index contributed by atoms with van der Waals surface area (Å²) in [5.74, 6) is 1.19. The first-order chi connectivity index (χ1) is 15.6. The molecule has 4 fully saturated rings. The smallest absolute Gasteiger partial charge is 0.320 e. The standard InChI is InChI=1S/C25H34N4O3/c30-23-8-4-7-22-21-13-19(16-29(22)23)15-28(17-21)25(32)27-11-9-20(10-12-27)24(31)26-14-18-5-2-1-3-6-18/h1-3,5-6,19-22H,4,7-17H2,(H,26,31)/t19?,21?,22-/m1/s1. The van der Waals surface area contributed by atoms with Crippen LogP contribution in [0.3, 0.4) is 0 Å². The number of likely N-dealkylation sites (tertiary alicyclic amines) is 2. The first-order valence-corrected chi connectivity index (χ1v) is 12.2. The molecule has 2 unspecified atom stereocenters. The molecule has 1 aromatic rings. The van der Waals surface area contributed by atoms with Gasteiger partial charge in [-0.3, -0.25) is 9.59 Å². The van der Waals surface area contributed by atoms with Crippen LogP contribution in [-0.2, 0) is 16.1 Å². The Labute approximate surface area is 190 Å². The van der Waals surface area contributed by atoms with E-state index in [0.29, 0.717) is 49.8 Å². The summed E-state index contributed by atoms with van der Waals surface area (Å²) in [5.41, 5.74) is 1.10.